The van der Waals surface area contributed by atoms with Crippen LogP contribution >= 0.6 is 11.8 Å². The lowest BCUT2D eigenvalue weighted by Gasteiger charge is -2.12. The number of nitrogens with one attached hydrogen (secondary N) is 1. The molecule has 162 valence electrons. The van der Waals surface area contributed by atoms with Crippen molar-refractivity contribution in [3.05, 3.63) is 84.4 Å². The number of nitrogens with zero attached hydrogens (tertiary/aromatic N) is 3. The minimum atomic E-state index is -2.69. The minimum absolute atomic E-state index is 0.0509. The van der Waals surface area contributed by atoms with Gasteiger partial charge in [-0.15, -0.1) is 10.2 Å². The van der Waals surface area contributed by atoms with Gasteiger partial charge in [0.1, 0.15) is 5.75 Å². The summed E-state index contributed by atoms with van der Waals surface area (Å²) in [4.78, 5) is 12.5. The molecule has 0 radical (unpaired) electrons. The highest BCUT2D eigenvalue weighted by molar-refractivity contribution is 7.99. The van der Waals surface area contributed by atoms with Crippen LogP contribution in [0.4, 0.5) is 14.5 Å². The summed E-state index contributed by atoms with van der Waals surface area (Å²) >= 11 is 1.11. The third kappa shape index (κ3) is 4.62. The molecule has 1 amide bonds. The van der Waals surface area contributed by atoms with E-state index < -0.39 is 12.3 Å². The number of amides is 1. The number of carbonyl (C=O) groups excluding carboxylic acids is 1. The molecule has 0 aliphatic rings. The molecule has 0 aliphatic carbocycles. The van der Waals surface area contributed by atoms with Crippen LogP contribution in [-0.2, 0) is 4.79 Å². The maximum absolute atomic E-state index is 13.2. The van der Waals surface area contributed by atoms with E-state index >= 15 is 0 Å². The van der Waals surface area contributed by atoms with Crippen molar-refractivity contribution in [3.63, 3.8) is 0 Å². The molecular formula is C23H18F2N4O2S. The Bertz CT molecular complexity index is 1230. The number of anilines is 1. The Morgan fingerprint density at radius 3 is 2.41 bits per heavy atom. The lowest BCUT2D eigenvalue weighted by Crippen LogP contribution is -2.16. The van der Waals surface area contributed by atoms with E-state index in [9.17, 15) is 18.7 Å². The van der Waals surface area contributed by atoms with Crippen LogP contribution < -0.4 is 5.32 Å². The fourth-order valence-electron chi connectivity index (χ4n) is 3.13. The number of carbonyl (C=O) groups is 1. The topological polar surface area (TPSA) is 80.0 Å². The first-order chi connectivity index (χ1) is 15.5. The maximum Gasteiger partial charge on any atom is 0.265 e. The van der Waals surface area contributed by atoms with Gasteiger partial charge in [0, 0.05) is 16.9 Å². The van der Waals surface area contributed by atoms with Gasteiger partial charge in [-0.2, -0.15) is 0 Å². The first kappa shape index (κ1) is 21.5. The molecular weight excluding hydrogens is 434 g/mol. The maximum atomic E-state index is 13.2. The number of rotatable bonds is 7. The molecule has 2 N–H and O–H groups in total. The number of phenols is 1. The molecule has 0 spiro atoms. The average Bonchev–Trinajstić information content (AvgIpc) is 3.22. The summed E-state index contributed by atoms with van der Waals surface area (Å²) in [7, 11) is 0. The lowest BCUT2D eigenvalue weighted by atomic mass is 10.2. The summed E-state index contributed by atoms with van der Waals surface area (Å²) in [6.07, 6.45) is -2.69. The Morgan fingerprint density at radius 2 is 1.66 bits per heavy atom. The highest BCUT2D eigenvalue weighted by Crippen LogP contribution is 2.33. The number of hydrogen-bond donors (Lipinski definition) is 2. The van der Waals surface area contributed by atoms with E-state index in [0.29, 0.717) is 16.5 Å². The van der Waals surface area contributed by atoms with Crippen LogP contribution in [0, 0.1) is 0 Å². The minimum Gasteiger partial charge on any atom is -0.507 e. The molecule has 0 aliphatic heterocycles. The molecule has 4 aromatic rings. The fourth-order valence-corrected chi connectivity index (χ4v) is 3.88. The molecule has 9 heteroatoms. The summed E-state index contributed by atoms with van der Waals surface area (Å²) in [5, 5.41) is 21.7. The van der Waals surface area contributed by atoms with Gasteiger partial charge in [0.2, 0.25) is 5.91 Å². The Labute approximate surface area is 186 Å². The summed E-state index contributed by atoms with van der Waals surface area (Å²) in [5.74, 6) is -0.0476. The van der Waals surface area contributed by atoms with E-state index in [0.717, 1.165) is 17.4 Å². The summed E-state index contributed by atoms with van der Waals surface area (Å²) in [5.41, 5.74) is 1.08. The van der Waals surface area contributed by atoms with Crippen LogP contribution in [0.5, 0.6) is 5.75 Å². The van der Waals surface area contributed by atoms with Gasteiger partial charge in [0.25, 0.3) is 6.43 Å². The van der Waals surface area contributed by atoms with Crippen LogP contribution in [0.15, 0.2) is 84.0 Å². The largest absolute Gasteiger partial charge is 0.507 e. The molecule has 1 heterocycles. The molecule has 0 saturated heterocycles. The number of hydrogen-bond acceptors (Lipinski definition) is 5. The quantitative estimate of drug-likeness (QED) is 0.372. The van der Waals surface area contributed by atoms with Crippen molar-refractivity contribution in [2.45, 2.75) is 11.6 Å². The number of phenolic OH excluding ortho intramolecular Hbond substituents is 1. The smallest absolute Gasteiger partial charge is 0.265 e. The van der Waals surface area contributed by atoms with Crippen molar-refractivity contribution in [2.24, 2.45) is 0 Å². The zero-order valence-corrected chi connectivity index (χ0v) is 17.5. The number of thioether (sulfide) groups is 1. The van der Waals surface area contributed by atoms with Gasteiger partial charge in [-0.1, -0.05) is 60.3 Å². The van der Waals surface area contributed by atoms with E-state index in [1.54, 1.807) is 34.9 Å². The number of alkyl halides is 2. The third-order valence-electron chi connectivity index (χ3n) is 4.60. The molecule has 0 unspecified atom stereocenters. The Hall–Kier alpha value is -3.72. The number of aromatic nitrogens is 3. The van der Waals surface area contributed by atoms with Crippen LogP contribution in [0.25, 0.3) is 17.1 Å². The normalized spacial score (nSPS) is 11.0. The SMILES string of the molecule is O=C(CSc1nnc(-c2ccccc2O)n1-c1ccccc1)Nc1ccccc1C(F)F. The Morgan fingerprint density at radius 1 is 0.969 bits per heavy atom. The Balaban J connectivity index is 1.60. The predicted octanol–water partition coefficient (Wildman–Crippen LogP) is 5.31. The molecule has 4 rings (SSSR count). The zero-order chi connectivity index (χ0) is 22.5. The number of halogens is 2. The second-order valence-corrected chi connectivity index (χ2v) is 7.66. The van der Waals surface area contributed by atoms with E-state index in [4.69, 9.17) is 0 Å². The molecule has 32 heavy (non-hydrogen) atoms. The number of aromatic hydroxyl groups is 1. The van der Waals surface area contributed by atoms with Crippen LogP contribution in [0.2, 0.25) is 0 Å². The molecule has 0 bridgehead atoms. The summed E-state index contributed by atoms with van der Waals surface area (Å²) < 4.78 is 28.1. The third-order valence-corrected chi connectivity index (χ3v) is 5.52. The molecule has 6 nitrogen and oxygen atoms in total. The highest BCUT2D eigenvalue weighted by Gasteiger charge is 2.20. The zero-order valence-electron chi connectivity index (χ0n) is 16.7. The first-order valence-corrected chi connectivity index (χ1v) is 10.6. The first-order valence-electron chi connectivity index (χ1n) is 9.63. The molecule has 0 fully saturated rings. The van der Waals surface area contributed by atoms with E-state index in [-0.39, 0.29) is 22.8 Å². The van der Waals surface area contributed by atoms with Gasteiger partial charge < -0.3 is 10.4 Å². The molecule has 0 atom stereocenters. The van der Waals surface area contributed by atoms with Crippen LogP contribution in [0.3, 0.4) is 0 Å². The average molecular weight is 452 g/mol. The van der Waals surface area contributed by atoms with E-state index in [1.807, 2.05) is 30.3 Å². The van der Waals surface area contributed by atoms with Gasteiger partial charge in [0.15, 0.2) is 11.0 Å². The lowest BCUT2D eigenvalue weighted by molar-refractivity contribution is -0.113. The van der Waals surface area contributed by atoms with Crippen molar-refractivity contribution in [2.75, 3.05) is 11.1 Å². The summed E-state index contributed by atoms with van der Waals surface area (Å²) in [6, 6.07) is 21.8. The monoisotopic (exact) mass is 452 g/mol. The number of para-hydroxylation sites is 3. The highest BCUT2D eigenvalue weighted by atomic mass is 32.2. The fraction of sp³-hybridized carbons (Fsp3) is 0.0870. The second kappa shape index (κ2) is 9.61. The van der Waals surface area contributed by atoms with Gasteiger partial charge in [-0.3, -0.25) is 9.36 Å². The number of benzene rings is 3. The molecule has 0 saturated carbocycles. The van der Waals surface area contributed by atoms with Crippen molar-refractivity contribution in [1.82, 2.24) is 14.8 Å². The van der Waals surface area contributed by atoms with Crippen molar-refractivity contribution >= 4 is 23.4 Å². The van der Waals surface area contributed by atoms with Crippen LogP contribution in [0.1, 0.15) is 12.0 Å². The van der Waals surface area contributed by atoms with Crippen molar-refractivity contribution < 1.29 is 18.7 Å². The second-order valence-electron chi connectivity index (χ2n) is 6.72. The van der Waals surface area contributed by atoms with Crippen LogP contribution in [-0.4, -0.2) is 31.5 Å². The van der Waals surface area contributed by atoms with Gasteiger partial charge in [-0.25, -0.2) is 8.78 Å². The van der Waals surface area contributed by atoms with Crippen molar-refractivity contribution in [3.8, 4) is 22.8 Å². The van der Waals surface area contributed by atoms with E-state index in [1.165, 1.54) is 18.2 Å². The van der Waals surface area contributed by atoms with E-state index in [2.05, 4.69) is 15.5 Å². The standard InChI is InChI=1S/C23H18F2N4O2S/c24-21(25)16-10-4-6-12-18(16)26-20(31)14-32-23-28-27-22(17-11-5-7-13-19(17)30)29(23)15-8-2-1-3-9-15/h1-13,21,30H,14H2,(H,26,31). The van der Waals surface area contributed by atoms with Gasteiger partial charge in [0.05, 0.1) is 11.3 Å². The summed E-state index contributed by atoms with van der Waals surface area (Å²) in [6.45, 7) is 0. The Kier molecular flexibility index (Phi) is 6.46. The van der Waals surface area contributed by atoms with Crippen molar-refractivity contribution in [1.29, 1.82) is 0 Å². The molecule has 1 aromatic heterocycles. The van der Waals surface area contributed by atoms with Gasteiger partial charge >= 0.3 is 0 Å². The van der Waals surface area contributed by atoms with Gasteiger partial charge in [-0.05, 0) is 30.3 Å². The molecule has 3 aromatic carbocycles. The predicted molar refractivity (Wildman–Crippen MR) is 119 cm³/mol.